The van der Waals surface area contributed by atoms with Crippen molar-refractivity contribution in [2.75, 3.05) is 26.2 Å². The van der Waals surface area contributed by atoms with Crippen LogP contribution in [0.5, 0.6) is 0 Å². The van der Waals surface area contributed by atoms with Crippen molar-refractivity contribution >= 4 is 5.91 Å². The van der Waals surface area contributed by atoms with Gasteiger partial charge in [0.15, 0.2) is 0 Å². The smallest absolute Gasteiger partial charge is 0.236 e. The Balaban J connectivity index is 2.28. The highest BCUT2D eigenvalue weighted by Gasteiger charge is 2.27. The van der Waals surface area contributed by atoms with Gasteiger partial charge in [0, 0.05) is 6.54 Å². The molecule has 1 rings (SSSR count). The van der Waals surface area contributed by atoms with Gasteiger partial charge in [0.05, 0.1) is 19.2 Å². The minimum Gasteiger partial charge on any atom is -0.394 e. The zero-order valence-corrected chi connectivity index (χ0v) is 8.83. The van der Waals surface area contributed by atoms with Gasteiger partial charge < -0.3 is 15.3 Å². The maximum Gasteiger partial charge on any atom is 0.236 e. The fourth-order valence-electron chi connectivity index (χ4n) is 1.83. The van der Waals surface area contributed by atoms with Crippen molar-refractivity contribution in [1.82, 2.24) is 10.2 Å². The van der Waals surface area contributed by atoms with Gasteiger partial charge in [0.2, 0.25) is 5.91 Å². The lowest BCUT2D eigenvalue weighted by Crippen LogP contribution is -2.42. The first kappa shape index (κ1) is 11.5. The summed E-state index contributed by atoms with van der Waals surface area (Å²) < 4.78 is 0. The van der Waals surface area contributed by atoms with Crippen molar-refractivity contribution in [3.8, 4) is 0 Å². The topological polar surface area (TPSA) is 52.6 Å². The number of carbonyl (C=O) groups excluding carboxylic acids is 1. The largest absolute Gasteiger partial charge is 0.394 e. The molecule has 1 atom stereocenters. The van der Waals surface area contributed by atoms with Gasteiger partial charge in [-0.3, -0.25) is 4.79 Å². The fraction of sp³-hybridized carbons (Fsp3) is 0.900. The average Bonchev–Trinajstić information content (AvgIpc) is 2.65. The van der Waals surface area contributed by atoms with Gasteiger partial charge in [0.25, 0.3) is 0 Å². The first-order chi connectivity index (χ1) is 6.79. The number of nitrogens with one attached hydrogen (secondary N) is 1. The third-order valence-electron chi connectivity index (χ3n) is 2.61. The van der Waals surface area contributed by atoms with Crippen molar-refractivity contribution in [2.45, 2.75) is 32.2 Å². The second-order valence-electron chi connectivity index (χ2n) is 3.74. The third-order valence-corrected chi connectivity index (χ3v) is 2.61. The zero-order valence-electron chi connectivity index (χ0n) is 8.83. The molecular weight excluding hydrogens is 180 g/mol. The summed E-state index contributed by atoms with van der Waals surface area (Å²) in [5.41, 5.74) is 0. The van der Waals surface area contributed by atoms with E-state index < -0.39 is 0 Å². The van der Waals surface area contributed by atoms with Crippen LogP contribution in [-0.4, -0.2) is 48.2 Å². The highest BCUT2D eigenvalue weighted by molar-refractivity contribution is 5.78. The van der Waals surface area contributed by atoms with Crippen LogP contribution in [-0.2, 0) is 4.79 Å². The molecule has 1 aliphatic heterocycles. The van der Waals surface area contributed by atoms with Crippen molar-refractivity contribution < 1.29 is 9.90 Å². The van der Waals surface area contributed by atoms with E-state index >= 15 is 0 Å². The van der Waals surface area contributed by atoms with Gasteiger partial charge in [-0.05, 0) is 25.8 Å². The van der Waals surface area contributed by atoms with Gasteiger partial charge >= 0.3 is 0 Å². The van der Waals surface area contributed by atoms with E-state index in [0.29, 0.717) is 6.54 Å². The monoisotopic (exact) mass is 200 g/mol. The molecule has 1 aliphatic rings. The summed E-state index contributed by atoms with van der Waals surface area (Å²) in [6.45, 7) is 4.26. The van der Waals surface area contributed by atoms with Crippen LogP contribution in [0.25, 0.3) is 0 Å². The van der Waals surface area contributed by atoms with E-state index in [9.17, 15) is 4.79 Å². The molecule has 0 unspecified atom stereocenters. The average molecular weight is 200 g/mol. The number of hydrogen-bond donors (Lipinski definition) is 2. The minimum atomic E-state index is 0.0610. The molecule has 4 heteroatoms. The lowest BCUT2D eigenvalue weighted by atomic mass is 10.2. The van der Waals surface area contributed by atoms with Crippen LogP contribution in [0.1, 0.15) is 26.2 Å². The van der Waals surface area contributed by atoms with E-state index in [2.05, 4.69) is 12.2 Å². The number of amides is 1. The number of nitrogens with zero attached hydrogens (tertiary/aromatic N) is 1. The Morgan fingerprint density at radius 3 is 3.07 bits per heavy atom. The van der Waals surface area contributed by atoms with Crippen LogP contribution in [0, 0.1) is 0 Å². The van der Waals surface area contributed by atoms with E-state index in [0.717, 1.165) is 32.4 Å². The van der Waals surface area contributed by atoms with Crippen LogP contribution >= 0.6 is 0 Å². The Morgan fingerprint density at radius 1 is 1.64 bits per heavy atom. The number of aliphatic hydroxyl groups is 1. The predicted molar refractivity (Wildman–Crippen MR) is 55.0 cm³/mol. The second-order valence-corrected chi connectivity index (χ2v) is 3.74. The molecule has 0 aromatic rings. The Morgan fingerprint density at radius 2 is 2.43 bits per heavy atom. The van der Waals surface area contributed by atoms with Gasteiger partial charge in [0.1, 0.15) is 0 Å². The maximum absolute atomic E-state index is 11.6. The molecule has 0 bridgehead atoms. The van der Waals surface area contributed by atoms with Crippen molar-refractivity contribution in [2.24, 2.45) is 0 Å². The van der Waals surface area contributed by atoms with Crippen LogP contribution < -0.4 is 5.32 Å². The van der Waals surface area contributed by atoms with Crippen LogP contribution in [0.15, 0.2) is 0 Å². The third kappa shape index (κ3) is 2.96. The molecule has 14 heavy (non-hydrogen) atoms. The van der Waals surface area contributed by atoms with Gasteiger partial charge in [-0.2, -0.15) is 0 Å². The van der Waals surface area contributed by atoms with Crippen molar-refractivity contribution in [3.05, 3.63) is 0 Å². The molecule has 1 heterocycles. The molecule has 2 N–H and O–H groups in total. The summed E-state index contributed by atoms with van der Waals surface area (Å²) in [6, 6.07) is 0.0610. The van der Waals surface area contributed by atoms with Crippen LogP contribution in [0.3, 0.4) is 0 Å². The van der Waals surface area contributed by atoms with E-state index in [1.165, 1.54) is 0 Å². The maximum atomic E-state index is 11.6. The molecule has 0 aromatic heterocycles. The van der Waals surface area contributed by atoms with Gasteiger partial charge in [-0.1, -0.05) is 6.92 Å². The Labute approximate surface area is 85.3 Å². The van der Waals surface area contributed by atoms with Gasteiger partial charge in [-0.15, -0.1) is 0 Å². The molecule has 0 radical (unpaired) electrons. The zero-order chi connectivity index (χ0) is 10.4. The predicted octanol–water partition coefficient (Wildman–Crippen LogP) is -0.0307. The molecule has 0 saturated carbocycles. The highest BCUT2D eigenvalue weighted by atomic mass is 16.3. The van der Waals surface area contributed by atoms with E-state index in [1.807, 2.05) is 0 Å². The molecule has 1 amide bonds. The van der Waals surface area contributed by atoms with E-state index in [1.54, 1.807) is 4.90 Å². The summed E-state index contributed by atoms with van der Waals surface area (Å²) in [5, 5.41) is 12.1. The molecule has 1 fully saturated rings. The number of likely N-dealkylation sites (tertiary alicyclic amines) is 1. The number of rotatable bonds is 5. The van der Waals surface area contributed by atoms with Gasteiger partial charge in [-0.25, -0.2) is 0 Å². The Bertz CT molecular complexity index is 185. The normalized spacial score (nSPS) is 21.6. The lowest BCUT2D eigenvalue weighted by Gasteiger charge is -2.23. The van der Waals surface area contributed by atoms with Crippen molar-refractivity contribution in [3.63, 3.8) is 0 Å². The Kier molecular flexibility index (Phi) is 4.90. The SMILES string of the molecule is CCCNCC(=O)N1CCC[C@@H]1CO. The lowest BCUT2D eigenvalue weighted by molar-refractivity contribution is -0.131. The van der Waals surface area contributed by atoms with Crippen LogP contribution in [0.2, 0.25) is 0 Å². The summed E-state index contributed by atoms with van der Waals surface area (Å²) in [6.07, 6.45) is 3.00. The summed E-state index contributed by atoms with van der Waals surface area (Å²) in [7, 11) is 0. The molecule has 0 spiro atoms. The highest BCUT2D eigenvalue weighted by Crippen LogP contribution is 2.16. The molecule has 82 valence electrons. The molecule has 0 aromatic carbocycles. The van der Waals surface area contributed by atoms with E-state index in [-0.39, 0.29) is 18.6 Å². The van der Waals surface area contributed by atoms with Crippen molar-refractivity contribution in [1.29, 1.82) is 0 Å². The quantitative estimate of drug-likeness (QED) is 0.613. The number of hydrogen-bond acceptors (Lipinski definition) is 3. The molecular formula is C10H20N2O2. The fourth-order valence-corrected chi connectivity index (χ4v) is 1.83. The standard InChI is InChI=1S/C10H20N2O2/c1-2-5-11-7-10(14)12-6-3-4-9(12)8-13/h9,11,13H,2-8H2,1H3/t9-/m1/s1. The summed E-state index contributed by atoms with van der Waals surface area (Å²) >= 11 is 0. The van der Waals surface area contributed by atoms with E-state index in [4.69, 9.17) is 5.11 Å². The Hall–Kier alpha value is -0.610. The summed E-state index contributed by atoms with van der Waals surface area (Å²) in [4.78, 5) is 13.4. The number of carbonyl (C=O) groups is 1. The molecule has 1 saturated heterocycles. The van der Waals surface area contributed by atoms with Crippen LogP contribution in [0.4, 0.5) is 0 Å². The molecule has 0 aliphatic carbocycles. The first-order valence-electron chi connectivity index (χ1n) is 5.40. The number of aliphatic hydroxyl groups excluding tert-OH is 1. The minimum absolute atomic E-state index is 0.0610. The first-order valence-corrected chi connectivity index (χ1v) is 5.40. The second kappa shape index (κ2) is 5.98. The molecule has 4 nitrogen and oxygen atoms in total. The summed E-state index contributed by atoms with van der Waals surface area (Å²) in [5.74, 6) is 0.120.